The van der Waals surface area contributed by atoms with Crippen LogP contribution >= 0.6 is 0 Å². The van der Waals surface area contributed by atoms with Gasteiger partial charge in [-0.3, -0.25) is 24.1 Å². The summed E-state index contributed by atoms with van der Waals surface area (Å²) < 4.78 is 12.0. The summed E-state index contributed by atoms with van der Waals surface area (Å²) in [5, 5.41) is 17.2. The Kier molecular flexibility index (Phi) is 20.7. The molecule has 0 radical (unpaired) electrons. The van der Waals surface area contributed by atoms with Crippen LogP contribution in [0.5, 0.6) is 0 Å². The smallest absolute Gasteiger partial charge is 0.245 e. The third kappa shape index (κ3) is 13.2. The standard InChI is InChI=1S/C45H79N5O7/c1-16-19-30(8)33-21-23-34(24-22-33)41(52)32(10)46-43(53)31(9)42(57-15)35-20-18-25-50(35)37(51)26-36(56-14)40(29(7)17-2)49(13)45(55)38(27(3)4)47-44(54)39(28(5)6)48(11)12/h21-24,27-32,35-36,38-42,52H,16-20,25-26H2,1-15H3,(H,46,53)(H,47,54)/t29-,30?,31+,32+,35-,36+,38-,39-,40-,41+,42+/m0/s1. The Morgan fingerprint density at radius 2 is 1.46 bits per heavy atom. The Labute approximate surface area is 345 Å². The normalized spacial score (nSPS) is 20.0. The van der Waals surface area contributed by atoms with E-state index in [2.05, 4.69) is 43.5 Å². The van der Waals surface area contributed by atoms with Crippen LogP contribution in [-0.4, -0.2) is 128 Å². The van der Waals surface area contributed by atoms with Crippen molar-refractivity contribution in [2.45, 2.75) is 162 Å². The summed E-state index contributed by atoms with van der Waals surface area (Å²) in [4.78, 5) is 61.0. The van der Waals surface area contributed by atoms with Gasteiger partial charge in [0.05, 0.1) is 54.8 Å². The van der Waals surface area contributed by atoms with E-state index in [9.17, 15) is 24.3 Å². The van der Waals surface area contributed by atoms with Crippen molar-refractivity contribution in [3.05, 3.63) is 35.4 Å². The summed E-state index contributed by atoms with van der Waals surface area (Å²) in [6.07, 6.45) is 2.32. The Balaban J connectivity index is 2.23. The third-order valence-corrected chi connectivity index (χ3v) is 12.4. The van der Waals surface area contributed by atoms with Gasteiger partial charge in [0.2, 0.25) is 23.6 Å². The Bertz CT molecular complexity index is 1400. The average Bonchev–Trinajstić information content (AvgIpc) is 3.65. The topological polar surface area (TPSA) is 141 Å². The minimum absolute atomic E-state index is 0.0184. The molecule has 0 saturated carbocycles. The lowest BCUT2D eigenvalue weighted by Crippen LogP contribution is -2.59. The predicted octanol–water partition coefficient (Wildman–Crippen LogP) is 5.78. The minimum atomic E-state index is -0.890. The molecule has 1 aromatic carbocycles. The molecular weight excluding hydrogens is 723 g/mol. The molecule has 57 heavy (non-hydrogen) atoms. The van der Waals surface area contributed by atoms with Crippen molar-refractivity contribution < 1.29 is 33.8 Å². The van der Waals surface area contributed by atoms with Crippen molar-refractivity contribution in [1.29, 1.82) is 0 Å². The number of hydrogen-bond donors (Lipinski definition) is 3. The molecule has 11 atom stereocenters. The summed E-state index contributed by atoms with van der Waals surface area (Å²) in [5.41, 5.74) is 1.97. The second-order valence-corrected chi connectivity index (χ2v) is 17.6. The number of likely N-dealkylation sites (N-methyl/N-ethyl adjacent to an activating group) is 2. The van der Waals surface area contributed by atoms with Crippen LogP contribution in [-0.2, 0) is 28.7 Å². The zero-order valence-electron chi connectivity index (χ0n) is 38.0. The molecule has 0 bridgehead atoms. The Hall–Kier alpha value is -3.06. The van der Waals surface area contributed by atoms with Gasteiger partial charge in [0, 0.05) is 27.8 Å². The molecule has 3 N–H and O–H groups in total. The molecule has 1 aliphatic heterocycles. The van der Waals surface area contributed by atoms with Gasteiger partial charge in [-0.15, -0.1) is 0 Å². The number of amides is 4. The van der Waals surface area contributed by atoms with Crippen molar-refractivity contribution in [2.24, 2.45) is 23.7 Å². The van der Waals surface area contributed by atoms with Crippen molar-refractivity contribution in [2.75, 3.05) is 41.9 Å². The largest absolute Gasteiger partial charge is 0.386 e. The van der Waals surface area contributed by atoms with Crippen molar-refractivity contribution in [1.82, 2.24) is 25.3 Å². The highest BCUT2D eigenvalue weighted by Crippen LogP contribution is 2.30. The van der Waals surface area contributed by atoms with E-state index in [-0.39, 0.29) is 53.8 Å². The average molecular weight is 802 g/mol. The van der Waals surface area contributed by atoms with Gasteiger partial charge in [-0.1, -0.05) is 99.4 Å². The van der Waals surface area contributed by atoms with E-state index in [1.54, 1.807) is 40.0 Å². The molecule has 1 saturated heterocycles. The quantitative estimate of drug-likeness (QED) is 0.127. The molecule has 12 nitrogen and oxygen atoms in total. The number of benzene rings is 1. The monoisotopic (exact) mass is 802 g/mol. The van der Waals surface area contributed by atoms with Gasteiger partial charge >= 0.3 is 0 Å². The fourth-order valence-electron chi connectivity index (χ4n) is 8.76. The van der Waals surface area contributed by atoms with Crippen LogP contribution in [0.2, 0.25) is 0 Å². The van der Waals surface area contributed by atoms with Crippen LogP contribution in [0.1, 0.15) is 131 Å². The molecule has 0 aromatic heterocycles. The summed E-state index contributed by atoms with van der Waals surface area (Å²) >= 11 is 0. The number of carbonyl (C=O) groups is 4. The van der Waals surface area contributed by atoms with Gasteiger partial charge < -0.3 is 35.0 Å². The van der Waals surface area contributed by atoms with E-state index in [4.69, 9.17) is 9.47 Å². The van der Waals surface area contributed by atoms with Crippen LogP contribution < -0.4 is 10.6 Å². The van der Waals surface area contributed by atoms with E-state index in [0.29, 0.717) is 18.9 Å². The summed E-state index contributed by atoms with van der Waals surface area (Å²) in [6.45, 7) is 20.4. The highest BCUT2D eigenvalue weighted by molar-refractivity contribution is 5.90. The van der Waals surface area contributed by atoms with E-state index >= 15 is 0 Å². The number of aliphatic hydroxyl groups excluding tert-OH is 1. The van der Waals surface area contributed by atoms with Gasteiger partial charge in [0.25, 0.3) is 0 Å². The molecule has 1 aromatic rings. The third-order valence-electron chi connectivity index (χ3n) is 12.4. The second-order valence-electron chi connectivity index (χ2n) is 17.6. The molecule has 0 spiro atoms. The summed E-state index contributed by atoms with van der Waals surface area (Å²) in [7, 11) is 8.60. The fourth-order valence-corrected chi connectivity index (χ4v) is 8.76. The van der Waals surface area contributed by atoms with Crippen molar-refractivity contribution in [3.63, 3.8) is 0 Å². The number of ether oxygens (including phenoxy) is 2. The van der Waals surface area contributed by atoms with Crippen LogP contribution in [0, 0.1) is 23.7 Å². The molecule has 4 amide bonds. The predicted molar refractivity (Wildman–Crippen MR) is 228 cm³/mol. The van der Waals surface area contributed by atoms with Gasteiger partial charge in [0.1, 0.15) is 6.04 Å². The molecule has 2 rings (SSSR count). The van der Waals surface area contributed by atoms with Crippen LogP contribution in [0.3, 0.4) is 0 Å². The van der Waals surface area contributed by atoms with E-state index in [1.807, 2.05) is 70.6 Å². The lowest BCUT2D eigenvalue weighted by atomic mass is 9.89. The number of nitrogens with one attached hydrogen (secondary N) is 2. The van der Waals surface area contributed by atoms with Crippen molar-refractivity contribution >= 4 is 23.6 Å². The first kappa shape index (κ1) is 50.1. The molecule has 12 heteroatoms. The number of nitrogens with zero attached hydrogens (tertiary/aromatic N) is 3. The number of rotatable bonds is 23. The zero-order valence-corrected chi connectivity index (χ0v) is 38.0. The molecule has 326 valence electrons. The Morgan fingerprint density at radius 1 is 0.860 bits per heavy atom. The van der Waals surface area contributed by atoms with E-state index < -0.39 is 48.4 Å². The lowest BCUT2D eigenvalue weighted by Gasteiger charge is -2.41. The molecule has 1 heterocycles. The number of methoxy groups -OCH3 is 2. The number of carbonyl (C=O) groups excluding carboxylic acids is 4. The Morgan fingerprint density at radius 3 is 1.95 bits per heavy atom. The van der Waals surface area contributed by atoms with Crippen LogP contribution in [0.4, 0.5) is 0 Å². The highest BCUT2D eigenvalue weighted by atomic mass is 16.5. The van der Waals surface area contributed by atoms with Crippen LogP contribution in [0.25, 0.3) is 0 Å². The number of aliphatic hydroxyl groups is 1. The first-order valence-corrected chi connectivity index (χ1v) is 21.4. The second kappa shape index (κ2) is 23.5. The number of hydrogen-bond acceptors (Lipinski definition) is 8. The highest BCUT2D eigenvalue weighted by Gasteiger charge is 2.43. The SMILES string of the molecule is CCCC(C)c1ccc([C@H](O)[C@@H](C)NC(=O)[C@H](C)[C@@H](OC)[C@@H]2CCCN2C(=O)C[C@@H](OC)[C@H]([C@@H](C)CC)N(C)C(=O)[C@@H](NC(=O)[C@H](C(C)C)N(C)C)C(C)C)cc1. The van der Waals surface area contributed by atoms with Gasteiger partial charge in [-0.05, 0) is 75.1 Å². The van der Waals surface area contributed by atoms with Gasteiger partial charge in [-0.2, -0.15) is 0 Å². The minimum Gasteiger partial charge on any atom is -0.386 e. The lowest BCUT2D eigenvalue weighted by molar-refractivity contribution is -0.148. The molecule has 1 unspecified atom stereocenters. The van der Waals surface area contributed by atoms with Crippen molar-refractivity contribution in [3.8, 4) is 0 Å². The van der Waals surface area contributed by atoms with E-state index in [1.165, 1.54) is 5.56 Å². The first-order chi connectivity index (χ1) is 26.8. The van der Waals surface area contributed by atoms with Gasteiger partial charge in [-0.25, -0.2) is 0 Å². The summed E-state index contributed by atoms with van der Waals surface area (Å²) in [5.74, 6) is -1.13. The summed E-state index contributed by atoms with van der Waals surface area (Å²) in [6, 6.07) is 5.47. The zero-order chi connectivity index (χ0) is 43.3. The maximum atomic E-state index is 14.3. The number of likely N-dealkylation sites (tertiary alicyclic amines) is 1. The molecule has 0 aliphatic carbocycles. The van der Waals surface area contributed by atoms with Gasteiger partial charge in [0.15, 0.2) is 0 Å². The maximum Gasteiger partial charge on any atom is 0.245 e. The fraction of sp³-hybridized carbons (Fsp3) is 0.778. The first-order valence-electron chi connectivity index (χ1n) is 21.4. The maximum absolute atomic E-state index is 14.3. The molecule has 1 aliphatic rings. The molecule has 1 fully saturated rings. The van der Waals surface area contributed by atoms with Crippen LogP contribution in [0.15, 0.2) is 24.3 Å². The van der Waals surface area contributed by atoms with E-state index in [0.717, 1.165) is 31.2 Å². The molecular formula is C45H79N5O7.